The monoisotopic (exact) mass is 415 g/mol. The first-order valence-electron chi connectivity index (χ1n) is 9.66. The van der Waals surface area contributed by atoms with Crippen LogP contribution in [0.2, 0.25) is 0 Å². The van der Waals surface area contributed by atoms with Gasteiger partial charge in [0.1, 0.15) is 11.5 Å². The Balaban J connectivity index is 2.26. The number of carbonyl (C=O) groups excluding carboxylic acids is 2. The number of rotatable bonds is 8. The maximum Gasteiger partial charge on any atom is 0.331 e. The van der Waals surface area contributed by atoms with Crippen LogP contribution in [-0.4, -0.2) is 45.9 Å². The highest BCUT2D eigenvalue weighted by Gasteiger charge is 2.36. The van der Waals surface area contributed by atoms with Gasteiger partial charge in [0.05, 0.1) is 12.7 Å². The van der Waals surface area contributed by atoms with Crippen LogP contribution in [0.5, 0.6) is 11.5 Å². The Morgan fingerprint density at radius 3 is 1.73 bits per heavy atom. The molecule has 0 aliphatic carbocycles. The second-order valence-electron chi connectivity index (χ2n) is 8.10. The zero-order chi connectivity index (χ0) is 22.5. The van der Waals surface area contributed by atoms with Gasteiger partial charge in [-0.25, -0.2) is 4.79 Å². The standard InChI is InChI=1S/C23H29NO6/c1-22(2,29)20(21(28)30-4)24-19(27)13-14-23(3,15-5-9-17(25)10-6-15)16-7-11-18(26)12-8-16/h5-12,20,25-26,29H,13-14H2,1-4H3,(H,24,27). The highest BCUT2D eigenvalue weighted by molar-refractivity contribution is 5.85. The fraction of sp³-hybridized carbons (Fsp3) is 0.391. The van der Waals surface area contributed by atoms with Crippen LogP contribution in [0.3, 0.4) is 0 Å². The lowest BCUT2D eigenvalue weighted by atomic mass is 9.73. The molecule has 7 nitrogen and oxygen atoms in total. The number of esters is 1. The first-order valence-corrected chi connectivity index (χ1v) is 9.66. The summed E-state index contributed by atoms with van der Waals surface area (Å²) in [5, 5.41) is 32.0. The van der Waals surface area contributed by atoms with E-state index in [1.54, 1.807) is 48.5 Å². The van der Waals surface area contributed by atoms with Crippen molar-refractivity contribution in [2.45, 2.75) is 50.7 Å². The lowest BCUT2D eigenvalue weighted by molar-refractivity contribution is -0.151. The van der Waals surface area contributed by atoms with Gasteiger partial charge in [0.2, 0.25) is 5.91 Å². The number of methoxy groups -OCH3 is 1. The van der Waals surface area contributed by atoms with Gasteiger partial charge in [0, 0.05) is 11.8 Å². The van der Waals surface area contributed by atoms with Crippen molar-refractivity contribution in [3.63, 3.8) is 0 Å². The van der Waals surface area contributed by atoms with E-state index in [1.165, 1.54) is 21.0 Å². The van der Waals surface area contributed by atoms with E-state index in [2.05, 4.69) is 10.1 Å². The van der Waals surface area contributed by atoms with E-state index in [4.69, 9.17) is 0 Å². The summed E-state index contributed by atoms with van der Waals surface area (Å²) in [5.74, 6) is -0.863. The summed E-state index contributed by atoms with van der Waals surface area (Å²) in [7, 11) is 1.19. The number of amides is 1. The maximum absolute atomic E-state index is 12.6. The van der Waals surface area contributed by atoms with E-state index >= 15 is 0 Å². The molecule has 0 aromatic heterocycles. The Hall–Kier alpha value is -3.06. The molecule has 2 aromatic carbocycles. The van der Waals surface area contributed by atoms with Crippen molar-refractivity contribution in [3.05, 3.63) is 59.7 Å². The first kappa shape index (κ1) is 23.2. The summed E-state index contributed by atoms with van der Waals surface area (Å²) >= 11 is 0. The lowest BCUT2D eigenvalue weighted by Crippen LogP contribution is -2.54. The number of hydrogen-bond donors (Lipinski definition) is 4. The molecule has 30 heavy (non-hydrogen) atoms. The molecule has 2 aromatic rings. The molecule has 7 heteroatoms. The summed E-state index contributed by atoms with van der Waals surface area (Å²) in [4.78, 5) is 24.6. The second kappa shape index (κ2) is 9.17. The summed E-state index contributed by atoms with van der Waals surface area (Å²) < 4.78 is 4.69. The Labute approximate surface area is 176 Å². The smallest absolute Gasteiger partial charge is 0.331 e. The Kier molecular flexibility index (Phi) is 7.10. The molecule has 0 heterocycles. The van der Waals surface area contributed by atoms with Gasteiger partial charge in [0.25, 0.3) is 0 Å². The fourth-order valence-corrected chi connectivity index (χ4v) is 3.35. The van der Waals surface area contributed by atoms with Gasteiger partial charge in [-0.2, -0.15) is 0 Å². The molecule has 1 unspecified atom stereocenters. The van der Waals surface area contributed by atoms with Crippen molar-refractivity contribution in [3.8, 4) is 11.5 Å². The van der Waals surface area contributed by atoms with Crippen molar-refractivity contribution in [1.29, 1.82) is 0 Å². The molecule has 4 N–H and O–H groups in total. The van der Waals surface area contributed by atoms with Crippen molar-refractivity contribution in [2.24, 2.45) is 0 Å². The number of benzene rings is 2. The number of nitrogens with one attached hydrogen (secondary N) is 1. The summed E-state index contributed by atoms with van der Waals surface area (Å²) in [6.45, 7) is 4.81. The maximum atomic E-state index is 12.6. The van der Waals surface area contributed by atoms with Crippen LogP contribution in [0.15, 0.2) is 48.5 Å². The predicted molar refractivity (Wildman–Crippen MR) is 112 cm³/mol. The summed E-state index contributed by atoms with van der Waals surface area (Å²) in [6.07, 6.45) is 0.454. The predicted octanol–water partition coefficient (Wildman–Crippen LogP) is 2.61. The van der Waals surface area contributed by atoms with Crippen LogP contribution in [0.4, 0.5) is 0 Å². The first-order chi connectivity index (χ1) is 14.0. The van der Waals surface area contributed by atoms with E-state index in [9.17, 15) is 24.9 Å². The van der Waals surface area contributed by atoms with Gasteiger partial charge < -0.3 is 25.4 Å². The fourth-order valence-electron chi connectivity index (χ4n) is 3.35. The van der Waals surface area contributed by atoms with Crippen LogP contribution in [0.25, 0.3) is 0 Å². The number of hydrogen-bond acceptors (Lipinski definition) is 6. The van der Waals surface area contributed by atoms with Crippen LogP contribution in [0.1, 0.15) is 44.7 Å². The molecule has 2 rings (SSSR count). The largest absolute Gasteiger partial charge is 0.508 e. The van der Waals surface area contributed by atoms with Gasteiger partial charge in [-0.15, -0.1) is 0 Å². The second-order valence-corrected chi connectivity index (χ2v) is 8.10. The zero-order valence-corrected chi connectivity index (χ0v) is 17.7. The Morgan fingerprint density at radius 2 is 1.37 bits per heavy atom. The molecule has 0 bridgehead atoms. The Morgan fingerprint density at radius 1 is 0.933 bits per heavy atom. The van der Waals surface area contributed by atoms with Crippen LogP contribution in [-0.2, 0) is 19.7 Å². The van der Waals surface area contributed by atoms with Crippen molar-refractivity contribution < 1.29 is 29.6 Å². The normalized spacial score (nSPS) is 12.8. The van der Waals surface area contributed by atoms with Crippen LogP contribution < -0.4 is 5.32 Å². The molecular formula is C23H29NO6. The van der Waals surface area contributed by atoms with Crippen molar-refractivity contribution in [1.82, 2.24) is 5.32 Å². The number of aliphatic hydroxyl groups is 1. The number of phenolic OH excluding ortho intramolecular Hbond substituents is 2. The number of aromatic hydroxyl groups is 2. The third-order valence-corrected chi connectivity index (χ3v) is 5.31. The molecule has 0 saturated heterocycles. The molecule has 0 aliphatic heterocycles. The van der Waals surface area contributed by atoms with Gasteiger partial charge in [0.15, 0.2) is 6.04 Å². The molecule has 0 saturated carbocycles. The molecule has 0 aliphatic rings. The van der Waals surface area contributed by atoms with E-state index in [-0.39, 0.29) is 17.9 Å². The topological polar surface area (TPSA) is 116 Å². The highest BCUT2D eigenvalue weighted by atomic mass is 16.5. The third-order valence-electron chi connectivity index (χ3n) is 5.31. The number of phenols is 2. The number of ether oxygens (including phenoxy) is 1. The zero-order valence-electron chi connectivity index (χ0n) is 17.7. The average molecular weight is 415 g/mol. The summed E-state index contributed by atoms with van der Waals surface area (Å²) in [5.41, 5.74) is -0.328. The van der Waals surface area contributed by atoms with Gasteiger partial charge in [-0.1, -0.05) is 31.2 Å². The molecule has 0 radical (unpaired) electrons. The van der Waals surface area contributed by atoms with E-state index < -0.39 is 28.9 Å². The molecular weight excluding hydrogens is 386 g/mol. The molecule has 1 atom stereocenters. The lowest BCUT2D eigenvalue weighted by Gasteiger charge is -2.32. The molecule has 0 spiro atoms. The minimum atomic E-state index is -1.49. The average Bonchev–Trinajstić information content (AvgIpc) is 2.69. The SMILES string of the molecule is COC(=O)C(NC(=O)CCC(C)(c1ccc(O)cc1)c1ccc(O)cc1)C(C)(C)O. The quantitative estimate of drug-likeness (QED) is 0.493. The van der Waals surface area contributed by atoms with E-state index in [1.807, 2.05) is 6.92 Å². The van der Waals surface area contributed by atoms with Crippen molar-refractivity contribution >= 4 is 11.9 Å². The van der Waals surface area contributed by atoms with Gasteiger partial charge in [-0.3, -0.25) is 4.79 Å². The van der Waals surface area contributed by atoms with Gasteiger partial charge >= 0.3 is 5.97 Å². The molecule has 162 valence electrons. The molecule has 0 fully saturated rings. The number of carbonyl (C=O) groups is 2. The minimum Gasteiger partial charge on any atom is -0.508 e. The third kappa shape index (κ3) is 5.51. The van der Waals surface area contributed by atoms with Crippen molar-refractivity contribution in [2.75, 3.05) is 7.11 Å². The Bertz CT molecular complexity index is 823. The van der Waals surface area contributed by atoms with Crippen LogP contribution in [0, 0.1) is 0 Å². The highest BCUT2D eigenvalue weighted by Crippen LogP contribution is 2.37. The van der Waals surface area contributed by atoms with Crippen LogP contribution >= 0.6 is 0 Å². The van der Waals surface area contributed by atoms with Gasteiger partial charge in [-0.05, 0) is 55.7 Å². The minimum absolute atomic E-state index is 0.0713. The van der Waals surface area contributed by atoms with E-state index in [0.29, 0.717) is 6.42 Å². The summed E-state index contributed by atoms with van der Waals surface area (Å²) in [6, 6.07) is 12.3. The molecule has 1 amide bonds. The van der Waals surface area contributed by atoms with E-state index in [0.717, 1.165) is 11.1 Å².